The summed E-state index contributed by atoms with van der Waals surface area (Å²) in [6.07, 6.45) is -17.6. The second-order valence-electron chi connectivity index (χ2n) is 19.6. The first-order valence-electron chi connectivity index (χ1n) is 20.6. The number of nitrogens with two attached hydrogens (primary N) is 3. The topological polar surface area (TPSA) is 224 Å². The third-order valence-corrected chi connectivity index (χ3v) is 18.7. The smallest absolute Gasteiger partial charge is 0.382 e. The third-order valence-electron chi connectivity index (χ3n) is 18.7. The summed E-state index contributed by atoms with van der Waals surface area (Å²) in [5.41, 5.74) is 4.34. The lowest BCUT2D eigenvalue weighted by atomic mass is 8.98. The maximum atomic E-state index is 17.6. The molecule has 0 saturated heterocycles. The molecule has 7 bridgehead atoms. The van der Waals surface area contributed by atoms with Gasteiger partial charge in [0.15, 0.2) is 17.2 Å². The highest BCUT2D eigenvalue weighted by atomic mass is 19.4. The Morgan fingerprint density at radius 3 is 1.61 bits per heavy atom. The zero-order valence-corrected chi connectivity index (χ0v) is 33.1. The molecule has 0 aromatic rings. The van der Waals surface area contributed by atoms with E-state index in [0.29, 0.717) is 12.8 Å². The van der Waals surface area contributed by atoms with Crippen molar-refractivity contribution < 1.29 is 43.9 Å². The van der Waals surface area contributed by atoms with E-state index >= 15 is 13.2 Å². The number of hydrogen-bond acceptors (Lipinski definition) is 6. The molecule has 17 unspecified atom stereocenters. The van der Waals surface area contributed by atoms with Crippen molar-refractivity contribution in [1.82, 2.24) is 0 Å². The number of halogens is 10. The molecule has 4 spiro atoms. The highest BCUT2D eigenvalue weighted by molar-refractivity contribution is 6.01. The van der Waals surface area contributed by atoms with Gasteiger partial charge in [-0.15, -0.1) is 0 Å². The van der Waals surface area contributed by atoms with Crippen LogP contribution in [0.3, 0.4) is 0 Å². The SMILES string of the molecule is CC1(/N=C(CC#N)\N=C(/N)C(F)(F)F)C2CC3CC4C5C6C7CC8CC9C%10C2C(/N=C(CC#N)\N=C(/N)C(F)F)(C(F)(F)F)C5(C41C3)C6(C%10(C)/N=C(CC#N)\N=C(/N)C(F)F)C897. The van der Waals surface area contributed by atoms with E-state index in [-0.39, 0.29) is 36.4 Å². The molecular formula is C40H40F10N12. The fourth-order valence-corrected chi connectivity index (χ4v) is 19.0. The van der Waals surface area contributed by atoms with Gasteiger partial charge in [0.05, 0.1) is 48.5 Å². The molecule has 0 amide bonds. The van der Waals surface area contributed by atoms with Crippen LogP contribution in [0.5, 0.6) is 0 Å². The van der Waals surface area contributed by atoms with E-state index in [0.717, 1.165) is 6.42 Å². The largest absolute Gasteiger partial charge is 0.449 e. The molecule has 0 radical (unpaired) electrons. The summed E-state index contributed by atoms with van der Waals surface area (Å²) in [6, 6.07) is 5.38. The summed E-state index contributed by atoms with van der Waals surface area (Å²) < 4.78 is 150. The fourth-order valence-electron chi connectivity index (χ4n) is 19.0. The number of nitriles is 3. The Kier molecular flexibility index (Phi) is 7.88. The van der Waals surface area contributed by atoms with Crippen molar-refractivity contribution in [3.63, 3.8) is 0 Å². The Balaban J connectivity index is 1.36. The molecule has 62 heavy (non-hydrogen) atoms. The molecule has 0 aromatic heterocycles. The van der Waals surface area contributed by atoms with Crippen LogP contribution in [0.1, 0.15) is 65.2 Å². The number of aliphatic imine (C=N–C) groups is 6. The molecule has 0 aromatic carbocycles. The van der Waals surface area contributed by atoms with Gasteiger partial charge < -0.3 is 17.2 Å². The van der Waals surface area contributed by atoms with Crippen molar-refractivity contribution in [2.45, 2.75) is 107 Å². The third kappa shape index (κ3) is 3.78. The standard InChI is InChI=1S/C40H40F10N12/c1-32(60-22(5-8-53)59-31(56)39(45,46)47)16-9-14-10-17-24-25-19-12-15-11-18-23-26(16)38(40(48,49)50,62-21(4-7-52)58-30(55)28(43)44)37(24,34(17,32)13-14)36(25,35(15,18)19)33(23,2)61-20(3-6-51)57-29(54)27(41)42/h14-19,23-28H,3-5,9-13H2,1-2H3,(H2,54,57,61)(H2,55,58,62)(H2,56,59,60). The van der Waals surface area contributed by atoms with Crippen molar-refractivity contribution in [2.24, 2.45) is 128 Å². The molecule has 0 aliphatic heterocycles. The van der Waals surface area contributed by atoms with Crippen LogP contribution in [-0.4, -0.2) is 76.8 Å². The summed E-state index contributed by atoms with van der Waals surface area (Å²) in [6.45, 7) is 3.36. The first-order valence-corrected chi connectivity index (χ1v) is 20.6. The van der Waals surface area contributed by atoms with Crippen LogP contribution in [0.25, 0.3) is 0 Å². The predicted molar refractivity (Wildman–Crippen MR) is 199 cm³/mol. The zero-order chi connectivity index (χ0) is 44.9. The number of fused-ring (bicyclic) bond motifs is 10. The Morgan fingerprint density at radius 2 is 1.11 bits per heavy atom. The molecule has 10 rings (SSSR count). The molecule has 10 aliphatic carbocycles. The minimum atomic E-state index is -5.30. The predicted octanol–water partition coefficient (Wildman–Crippen LogP) is 6.10. The van der Waals surface area contributed by atoms with Gasteiger partial charge in [-0.05, 0) is 105 Å². The van der Waals surface area contributed by atoms with Crippen LogP contribution in [0.15, 0.2) is 30.0 Å². The minimum Gasteiger partial charge on any atom is -0.382 e. The van der Waals surface area contributed by atoms with Crippen molar-refractivity contribution in [2.75, 3.05) is 0 Å². The summed E-state index contributed by atoms with van der Waals surface area (Å²) >= 11 is 0. The molecule has 17 atom stereocenters. The van der Waals surface area contributed by atoms with Gasteiger partial charge in [0.1, 0.15) is 17.5 Å². The van der Waals surface area contributed by atoms with Crippen molar-refractivity contribution in [3.05, 3.63) is 0 Å². The second kappa shape index (κ2) is 11.8. The van der Waals surface area contributed by atoms with Crippen LogP contribution in [0.2, 0.25) is 0 Å². The van der Waals surface area contributed by atoms with Crippen molar-refractivity contribution >= 4 is 35.0 Å². The molecular weight excluding hydrogens is 839 g/mol. The van der Waals surface area contributed by atoms with Gasteiger partial charge in [-0.3, -0.25) is 15.0 Å². The van der Waals surface area contributed by atoms with E-state index in [9.17, 15) is 46.5 Å². The van der Waals surface area contributed by atoms with Crippen molar-refractivity contribution in [3.8, 4) is 18.2 Å². The number of alkyl halides is 10. The molecule has 10 aliphatic rings. The van der Waals surface area contributed by atoms with Crippen molar-refractivity contribution in [1.29, 1.82) is 15.8 Å². The Bertz CT molecular complexity index is 2410. The van der Waals surface area contributed by atoms with Gasteiger partial charge in [0.2, 0.25) is 5.84 Å². The average molecular weight is 879 g/mol. The van der Waals surface area contributed by atoms with Gasteiger partial charge in [-0.25, -0.2) is 32.5 Å². The lowest BCUT2D eigenvalue weighted by molar-refractivity contribution is -0.595. The van der Waals surface area contributed by atoms with E-state index in [1.165, 1.54) is 0 Å². The summed E-state index contributed by atoms with van der Waals surface area (Å²) in [5, 5.41) is 29.7. The molecule has 12 nitrogen and oxygen atoms in total. The highest BCUT2D eigenvalue weighted by Gasteiger charge is 3.17. The lowest BCUT2D eigenvalue weighted by Gasteiger charge is -3.05. The molecule has 6 N–H and O–H groups in total. The van der Waals surface area contributed by atoms with Crippen LogP contribution >= 0.6 is 0 Å². The Morgan fingerprint density at radius 1 is 0.629 bits per heavy atom. The number of rotatable bonds is 8. The van der Waals surface area contributed by atoms with E-state index in [1.807, 2.05) is 6.07 Å². The Hall–Kier alpha value is -4.81. The monoisotopic (exact) mass is 878 g/mol. The van der Waals surface area contributed by atoms with Gasteiger partial charge in [-0.2, -0.15) is 42.1 Å². The van der Waals surface area contributed by atoms with Gasteiger partial charge in [-0.1, -0.05) is 0 Å². The van der Waals surface area contributed by atoms with Gasteiger partial charge >= 0.3 is 12.4 Å². The summed E-state index contributed by atoms with van der Waals surface area (Å²) in [5.74, 6) is -12.6. The van der Waals surface area contributed by atoms with E-state index in [1.54, 1.807) is 26.0 Å². The Labute approximate surface area is 347 Å². The fraction of sp³-hybridized carbons (Fsp3) is 0.775. The first kappa shape index (κ1) is 41.2. The quantitative estimate of drug-likeness (QED) is 0.148. The van der Waals surface area contributed by atoms with Crippen LogP contribution < -0.4 is 17.2 Å². The molecule has 10 fully saturated rings. The maximum Gasteiger partial charge on any atom is 0.449 e. The lowest BCUT2D eigenvalue weighted by Crippen LogP contribution is -3.08. The summed E-state index contributed by atoms with van der Waals surface area (Å²) in [7, 11) is 0. The normalized spacial score (nSPS) is 50.0. The number of nitrogens with zero attached hydrogens (tertiary/aromatic N) is 9. The summed E-state index contributed by atoms with van der Waals surface area (Å²) in [4.78, 5) is 25.8. The van der Waals surface area contributed by atoms with Crippen LogP contribution in [-0.2, 0) is 0 Å². The zero-order valence-electron chi connectivity index (χ0n) is 33.1. The second-order valence-corrected chi connectivity index (χ2v) is 19.6. The van der Waals surface area contributed by atoms with Gasteiger partial charge in [0.25, 0.3) is 12.9 Å². The van der Waals surface area contributed by atoms with E-state index < -0.39 is 153 Å². The maximum absolute atomic E-state index is 17.6. The highest BCUT2D eigenvalue weighted by Crippen LogP contribution is 3.15. The average Bonchev–Trinajstić information content (AvgIpc) is 3.53. The molecule has 22 heteroatoms. The van der Waals surface area contributed by atoms with E-state index in [4.69, 9.17) is 27.2 Å². The molecule has 0 heterocycles. The van der Waals surface area contributed by atoms with Crippen LogP contribution in [0.4, 0.5) is 43.9 Å². The number of amidine groups is 6. The van der Waals surface area contributed by atoms with Crippen LogP contribution in [0, 0.1) is 115 Å². The molecule has 10 saturated carbocycles. The van der Waals surface area contributed by atoms with Gasteiger partial charge in [0, 0.05) is 22.2 Å². The van der Waals surface area contributed by atoms with E-state index in [2.05, 4.69) is 20.0 Å². The first-order chi connectivity index (χ1) is 29.0. The number of hydrogen-bond donors (Lipinski definition) is 3. The minimum absolute atomic E-state index is 0.0502. The molecule has 330 valence electrons.